The van der Waals surface area contributed by atoms with Crippen LogP contribution in [0.4, 0.5) is 0 Å². The summed E-state index contributed by atoms with van der Waals surface area (Å²) in [7, 11) is 0. The quantitative estimate of drug-likeness (QED) is 0.671. The molecule has 0 fully saturated rings. The van der Waals surface area contributed by atoms with Crippen molar-refractivity contribution in [1.82, 2.24) is 5.32 Å². The van der Waals surface area contributed by atoms with Crippen LogP contribution in [0.3, 0.4) is 0 Å². The van der Waals surface area contributed by atoms with Crippen LogP contribution in [0, 0.1) is 0 Å². The second-order valence-electron chi connectivity index (χ2n) is 4.66. The number of rotatable bonds is 8. The van der Waals surface area contributed by atoms with Gasteiger partial charge in [0.15, 0.2) is 11.5 Å². The van der Waals surface area contributed by atoms with Gasteiger partial charge in [-0.2, -0.15) is 0 Å². The van der Waals surface area contributed by atoms with E-state index in [1.807, 2.05) is 13.8 Å². The standard InChI is InChI=1S/C16H20BrNO5/c1-4-6-23-15-12(17)7-11(9-14(15)22-5-2)8-13(16(20)21)18-10(3)19/h7-9H,4-6H2,1-3H3,(H,18,19)(H,20,21). The smallest absolute Gasteiger partial charge is 0.352 e. The zero-order chi connectivity index (χ0) is 17.4. The average Bonchev–Trinajstić information content (AvgIpc) is 2.45. The molecule has 1 amide bonds. The van der Waals surface area contributed by atoms with Crippen LogP contribution in [0.2, 0.25) is 0 Å². The minimum absolute atomic E-state index is 0.214. The fourth-order valence-corrected chi connectivity index (χ4v) is 2.36. The maximum absolute atomic E-state index is 11.2. The van der Waals surface area contributed by atoms with E-state index in [0.717, 1.165) is 6.42 Å². The molecule has 0 bridgehead atoms. The van der Waals surface area contributed by atoms with E-state index in [2.05, 4.69) is 21.2 Å². The molecule has 126 valence electrons. The first-order valence-electron chi connectivity index (χ1n) is 7.20. The Kier molecular flexibility index (Phi) is 7.61. The molecule has 1 rings (SSSR count). The number of halogens is 1. The number of carbonyl (C=O) groups is 2. The molecule has 0 saturated carbocycles. The molecule has 0 aromatic heterocycles. The summed E-state index contributed by atoms with van der Waals surface area (Å²) in [6, 6.07) is 3.38. The molecular formula is C16H20BrNO5. The number of ether oxygens (including phenoxy) is 2. The van der Waals surface area contributed by atoms with E-state index in [4.69, 9.17) is 14.6 Å². The number of carbonyl (C=O) groups excluding carboxylic acids is 1. The summed E-state index contributed by atoms with van der Waals surface area (Å²) in [4.78, 5) is 22.3. The van der Waals surface area contributed by atoms with Crippen molar-refractivity contribution in [3.05, 3.63) is 27.9 Å². The largest absolute Gasteiger partial charge is 0.490 e. The Morgan fingerprint density at radius 2 is 2.00 bits per heavy atom. The lowest BCUT2D eigenvalue weighted by molar-refractivity contribution is -0.134. The van der Waals surface area contributed by atoms with Gasteiger partial charge in [-0.1, -0.05) is 6.92 Å². The maximum Gasteiger partial charge on any atom is 0.352 e. The van der Waals surface area contributed by atoms with Gasteiger partial charge in [0.1, 0.15) is 5.70 Å². The SMILES string of the molecule is CCCOc1c(Br)cc(C=C(NC(C)=O)C(=O)O)cc1OCC. The monoisotopic (exact) mass is 385 g/mol. The van der Waals surface area contributed by atoms with Crippen LogP contribution < -0.4 is 14.8 Å². The maximum atomic E-state index is 11.2. The van der Waals surface area contributed by atoms with E-state index in [9.17, 15) is 9.59 Å². The van der Waals surface area contributed by atoms with E-state index >= 15 is 0 Å². The molecule has 23 heavy (non-hydrogen) atoms. The topological polar surface area (TPSA) is 84.9 Å². The summed E-state index contributed by atoms with van der Waals surface area (Å²) in [6.07, 6.45) is 2.21. The normalized spacial score (nSPS) is 11.0. The summed E-state index contributed by atoms with van der Waals surface area (Å²) in [5, 5.41) is 11.4. The Balaban J connectivity index is 3.26. The molecular weight excluding hydrogens is 366 g/mol. The lowest BCUT2D eigenvalue weighted by Gasteiger charge is -2.14. The van der Waals surface area contributed by atoms with Crippen LogP contribution in [0.25, 0.3) is 6.08 Å². The molecule has 6 nitrogen and oxygen atoms in total. The number of amides is 1. The van der Waals surface area contributed by atoms with E-state index in [0.29, 0.717) is 34.7 Å². The summed E-state index contributed by atoms with van der Waals surface area (Å²) < 4.78 is 11.9. The Hall–Kier alpha value is -2.02. The lowest BCUT2D eigenvalue weighted by Crippen LogP contribution is -2.24. The molecule has 0 saturated heterocycles. The van der Waals surface area contributed by atoms with E-state index in [1.54, 1.807) is 12.1 Å². The number of benzene rings is 1. The van der Waals surface area contributed by atoms with Gasteiger partial charge in [0.05, 0.1) is 17.7 Å². The first-order chi connectivity index (χ1) is 10.9. The van der Waals surface area contributed by atoms with E-state index in [1.165, 1.54) is 13.0 Å². The van der Waals surface area contributed by atoms with Crippen LogP contribution >= 0.6 is 15.9 Å². The highest BCUT2D eigenvalue weighted by Crippen LogP contribution is 2.37. The van der Waals surface area contributed by atoms with Crippen molar-refractivity contribution in [3.63, 3.8) is 0 Å². The third kappa shape index (κ3) is 5.94. The van der Waals surface area contributed by atoms with Gasteiger partial charge in [0.25, 0.3) is 0 Å². The number of hydrogen-bond donors (Lipinski definition) is 2. The molecule has 1 aromatic rings. The minimum Gasteiger partial charge on any atom is -0.490 e. The zero-order valence-electron chi connectivity index (χ0n) is 13.3. The molecule has 7 heteroatoms. The fraction of sp³-hybridized carbons (Fsp3) is 0.375. The van der Waals surface area contributed by atoms with Crippen LogP contribution in [-0.4, -0.2) is 30.2 Å². The number of nitrogens with one attached hydrogen (secondary N) is 1. The average molecular weight is 386 g/mol. The second kappa shape index (κ2) is 9.19. The van der Waals surface area contributed by atoms with Crippen molar-refractivity contribution in [2.24, 2.45) is 0 Å². The Morgan fingerprint density at radius 1 is 1.30 bits per heavy atom. The first kappa shape index (κ1) is 19.0. The van der Waals surface area contributed by atoms with Gasteiger partial charge in [0, 0.05) is 6.92 Å². The number of carboxylic acids is 1. The molecule has 0 heterocycles. The number of hydrogen-bond acceptors (Lipinski definition) is 4. The van der Waals surface area contributed by atoms with Crippen molar-refractivity contribution in [1.29, 1.82) is 0 Å². The lowest BCUT2D eigenvalue weighted by atomic mass is 10.1. The minimum atomic E-state index is -1.22. The first-order valence-corrected chi connectivity index (χ1v) is 8.00. The molecule has 0 aliphatic carbocycles. The van der Waals surface area contributed by atoms with Crippen molar-refractivity contribution < 1.29 is 24.2 Å². The van der Waals surface area contributed by atoms with Crippen molar-refractivity contribution in [2.45, 2.75) is 27.2 Å². The number of carboxylic acid groups (broad SMARTS) is 1. The van der Waals surface area contributed by atoms with Crippen LogP contribution in [0.5, 0.6) is 11.5 Å². The van der Waals surface area contributed by atoms with Gasteiger partial charge in [-0.3, -0.25) is 4.79 Å². The van der Waals surface area contributed by atoms with Gasteiger partial charge in [-0.15, -0.1) is 0 Å². The zero-order valence-corrected chi connectivity index (χ0v) is 14.9. The van der Waals surface area contributed by atoms with Crippen LogP contribution in [-0.2, 0) is 9.59 Å². The highest BCUT2D eigenvalue weighted by Gasteiger charge is 2.14. The molecule has 0 aliphatic heterocycles. The molecule has 0 atom stereocenters. The third-order valence-corrected chi connectivity index (χ3v) is 3.22. The van der Waals surface area contributed by atoms with Gasteiger partial charge >= 0.3 is 5.97 Å². The summed E-state index contributed by atoms with van der Waals surface area (Å²) in [6.45, 7) is 6.08. The number of aliphatic carboxylic acids is 1. The van der Waals surface area contributed by atoms with Crippen LogP contribution in [0.15, 0.2) is 22.3 Å². The predicted octanol–water partition coefficient (Wildman–Crippen LogP) is 3.20. The molecule has 2 N–H and O–H groups in total. The van der Waals surface area contributed by atoms with Crippen molar-refractivity contribution in [3.8, 4) is 11.5 Å². The third-order valence-electron chi connectivity index (χ3n) is 2.63. The van der Waals surface area contributed by atoms with Crippen molar-refractivity contribution >= 4 is 33.9 Å². The summed E-state index contributed by atoms with van der Waals surface area (Å²) in [5.41, 5.74) is 0.351. The van der Waals surface area contributed by atoms with E-state index < -0.39 is 11.9 Å². The van der Waals surface area contributed by atoms with Crippen molar-refractivity contribution in [2.75, 3.05) is 13.2 Å². The Bertz CT molecular complexity index is 613. The van der Waals surface area contributed by atoms with Gasteiger partial charge in [0.2, 0.25) is 5.91 Å². The second-order valence-corrected chi connectivity index (χ2v) is 5.51. The molecule has 1 aromatic carbocycles. The highest BCUT2D eigenvalue weighted by molar-refractivity contribution is 9.10. The van der Waals surface area contributed by atoms with E-state index in [-0.39, 0.29) is 5.70 Å². The van der Waals surface area contributed by atoms with Gasteiger partial charge < -0.3 is 19.9 Å². The van der Waals surface area contributed by atoms with Gasteiger partial charge in [-0.25, -0.2) is 4.79 Å². The molecule has 0 radical (unpaired) electrons. The Morgan fingerprint density at radius 3 is 2.52 bits per heavy atom. The summed E-state index contributed by atoms with van der Waals surface area (Å²) >= 11 is 3.41. The Labute approximate surface area is 143 Å². The predicted molar refractivity (Wildman–Crippen MR) is 90.5 cm³/mol. The fourth-order valence-electron chi connectivity index (χ4n) is 1.79. The van der Waals surface area contributed by atoms with Gasteiger partial charge in [-0.05, 0) is 53.0 Å². The molecule has 0 spiro atoms. The molecule has 0 unspecified atom stereocenters. The highest BCUT2D eigenvalue weighted by atomic mass is 79.9. The summed E-state index contributed by atoms with van der Waals surface area (Å²) in [5.74, 6) is -0.595. The van der Waals surface area contributed by atoms with Crippen LogP contribution in [0.1, 0.15) is 32.8 Å². The molecule has 0 aliphatic rings.